The fraction of sp³-hybridized carbons (Fsp3) is 0.538. The van der Waals surface area contributed by atoms with Crippen molar-refractivity contribution in [3.8, 4) is 0 Å². The standard InChI is InChI=1S/C13H19N3O2/c1-11-2-3-12(10-14-11)16-7-6-15(8-9-17)5-4-13(16)18/h2-3,10,17H,4-9H2,1H3. The van der Waals surface area contributed by atoms with Crippen LogP contribution in [0, 0.1) is 6.92 Å². The Balaban J connectivity index is 2.08. The fourth-order valence-corrected chi connectivity index (χ4v) is 2.12. The summed E-state index contributed by atoms with van der Waals surface area (Å²) in [6.07, 6.45) is 2.24. The van der Waals surface area contributed by atoms with E-state index in [1.165, 1.54) is 0 Å². The van der Waals surface area contributed by atoms with E-state index in [1.807, 2.05) is 19.1 Å². The van der Waals surface area contributed by atoms with Gasteiger partial charge in [0.1, 0.15) is 0 Å². The van der Waals surface area contributed by atoms with E-state index in [0.717, 1.165) is 24.5 Å². The van der Waals surface area contributed by atoms with Crippen molar-refractivity contribution in [2.75, 3.05) is 37.7 Å². The number of hydrogen-bond donors (Lipinski definition) is 1. The fourth-order valence-electron chi connectivity index (χ4n) is 2.12. The molecule has 5 nitrogen and oxygen atoms in total. The SMILES string of the molecule is Cc1ccc(N2CCN(CCO)CCC2=O)cn1. The zero-order valence-corrected chi connectivity index (χ0v) is 10.7. The number of aromatic nitrogens is 1. The molecule has 0 spiro atoms. The van der Waals surface area contributed by atoms with Gasteiger partial charge in [-0.1, -0.05) is 0 Å². The van der Waals surface area contributed by atoms with Crippen molar-refractivity contribution in [3.05, 3.63) is 24.0 Å². The van der Waals surface area contributed by atoms with Crippen LogP contribution in [-0.4, -0.2) is 53.7 Å². The maximum atomic E-state index is 12.1. The summed E-state index contributed by atoms with van der Waals surface area (Å²) in [5, 5.41) is 8.94. The first-order valence-corrected chi connectivity index (χ1v) is 6.27. The van der Waals surface area contributed by atoms with Crippen LogP contribution in [0.15, 0.2) is 18.3 Å². The number of anilines is 1. The lowest BCUT2D eigenvalue weighted by Crippen LogP contribution is -2.34. The molecule has 0 radical (unpaired) electrons. The largest absolute Gasteiger partial charge is 0.395 e. The highest BCUT2D eigenvalue weighted by Crippen LogP contribution is 2.16. The second-order valence-corrected chi connectivity index (χ2v) is 4.52. The molecule has 98 valence electrons. The zero-order valence-electron chi connectivity index (χ0n) is 10.7. The van der Waals surface area contributed by atoms with Gasteiger partial charge in [0, 0.05) is 38.3 Å². The van der Waals surface area contributed by atoms with E-state index in [9.17, 15) is 4.79 Å². The number of rotatable bonds is 3. The van der Waals surface area contributed by atoms with Crippen LogP contribution >= 0.6 is 0 Å². The molecule has 2 heterocycles. The molecule has 0 aliphatic carbocycles. The Morgan fingerprint density at radius 3 is 2.83 bits per heavy atom. The van der Waals surface area contributed by atoms with Crippen molar-refractivity contribution >= 4 is 11.6 Å². The molecule has 2 rings (SSSR count). The number of aliphatic hydroxyl groups excluding tert-OH is 1. The molecule has 1 N–H and O–H groups in total. The third-order valence-corrected chi connectivity index (χ3v) is 3.21. The van der Waals surface area contributed by atoms with Gasteiger partial charge >= 0.3 is 0 Å². The molecule has 1 aromatic heterocycles. The number of aliphatic hydroxyl groups is 1. The van der Waals surface area contributed by atoms with E-state index < -0.39 is 0 Å². The number of nitrogens with zero attached hydrogens (tertiary/aromatic N) is 3. The van der Waals surface area contributed by atoms with Gasteiger partial charge < -0.3 is 10.0 Å². The van der Waals surface area contributed by atoms with Gasteiger partial charge in [-0.05, 0) is 19.1 Å². The first-order valence-electron chi connectivity index (χ1n) is 6.27. The first kappa shape index (κ1) is 13.0. The average molecular weight is 249 g/mol. The molecular formula is C13H19N3O2. The maximum absolute atomic E-state index is 12.1. The number of β-amino-alcohol motifs (C(OH)–C–C–N with tert-alkyl or cyclic N) is 1. The third kappa shape index (κ3) is 3.05. The smallest absolute Gasteiger partial charge is 0.228 e. The van der Waals surface area contributed by atoms with Crippen LogP contribution in [-0.2, 0) is 4.79 Å². The summed E-state index contributed by atoms with van der Waals surface area (Å²) in [4.78, 5) is 20.2. The molecule has 18 heavy (non-hydrogen) atoms. The van der Waals surface area contributed by atoms with E-state index in [1.54, 1.807) is 11.1 Å². The van der Waals surface area contributed by atoms with Crippen LogP contribution < -0.4 is 4.90 Å². The molecule has 1 aliphatic heterocycles. The van der Waals surface area contributed by atoms with Crippen molar-refractivity contribution < 1.29 is 9.90 Å². The average Bonchev–Trinajstić information content (AvgIpc) is 2.54. The number of hydrogen-bond acceptors (Lipinski definition) is 4. The van der Waals surface area contributed by atoms with Gasteiger partial charge in [0.2, 0.25) is 5.91 Å². The molecule has 5 heteroatoms. The summed E-state index contributed by atoms with van der Waals surface area (Å²) in [6.45, 7) is 4.86. The van der Waals surface area contributed by atoms with E-state index in [4.69, 9.17) is 5.11 Å². The van der Waals surface area contributed by atoms with Crippen LogP contribution in [0.5, 0.6) is 0 Å². The Hall–Kier alpha value is -1.46. The van der Waals surface area contributed by atoms with E-state index in [2.05, 4.69) is 9.88 Å². The van der Waals surface area contributed by atoms with Gasteiger partial charge in [0.15, 0.2) is 0 Å². The lowest BCUT2D eigenvalue weighted by atomic mass is 10.3. The lowest BCUT2D eigenvalue weighted by Gasteiger charge is -2.21. The molecular weight excluding hydrogens is 230 g/mol. The van der Waals surface area contributed by atoms with E-state index in [0.29, 0.717) is 19.5 Å². The Morgan fingerprint density at radius 1 is 1.33 bits per heavy atom. The highest BCUT2D eigenvalue weighted by molar-refractivity contribution is 5.93. The molecule has 0 saturated carbocycles. The quantitative estimate of drug-likeness (QED) is 0.843. The summed E-state index contributed by atoms with van der Waals surface area (Å²) in [7, 11) is 0. The van der Waals surface area contributed by atoms with Crippen LogP contribution in [0.4, 0.5) is 5.69 Å². The van der Waals surface area contributed by atoms with Crippen molar-refractivity contribution in [1.82, 2.24) is 9.88 Å². The summed E-state index contributed by atoms with van der Waals surface area (Å²) in [5.74, 6) is 0.126. The van der Waals surface area contributed by atoms with Crippen LogP contribution in [0.2, 0.25) is 0 Å². The molecule has 1 aliphatic rings. The van der Waals surface area contributed by atoms with Gasteiger partial charge in [-0.15, -0.1) is 0 Å². The topological polar surface area (TPSA) is 56.7 Å². The first-order chi connectivity index (χ1) is 8.70. The molecule has 0 atom stereocenters. The molecule has 1 aromatic rings. The number of pyridine rings is 1. The monoisotopic (exact) mass is 249 g/mol. The summed E-state index contributed by atoms with van der Waals surface area (Å²) in [5.41, 5.74) is 1.80. The Morgan fingerprint density at radius 2 is 2.17 bits per heavy atom. The van der Waals surface area contributed by atoms with Crippen LogP contribution in [0.3, 0.4) is 0 Å². The highest BCUT2D eigenvalue weighted by atomic mass is 16.3. The zero-order chi connectivity index (χ0) is 13.0. The second kappa shape index (κ2) is 5.93. The second-order valence-electron chi connectivity index (χ2n) is 4.52. The van der Waals surface area contributed by atoms with E-state index in [-0.39, 0.29) is 12.5 Å². The maximum Gasteiger partial charge on any atom is 0.228 e. The lowest BCUT2D eigenvalue weighted by molar-refractivity contribution is -0.118. The predicted molar refractivity (Wildman–Crippen MR) is 69.5 cm³/mol. The molecule has 0 unspecified atom stereocenters. The molecule has 1 saturated heterocycles. The Labute approximate surface area is 107 Å². The van der Waals surface area contributed by atoms with Crippen molar-refractivity contribution in [1.29, 1.82) is 0 Å². The van der Waals surface area contributed by atoms with E-state index >= 15 is 0 Å². The minimum atomic E-state index is 0.126. The number of carbonyl (C=O) groups is 1. The predicted octanol–water partition coefficient (Wildman–Crippen LogP) is 0.421. The normalized spacial score (nSPS) is 17.9. The van der Waals surface area contributed by atoms with Gasteiger partial charge in [-0.3, -0.25) is 14.7 Å². The third-order valence-electron chi connectivity index (χ3n) is 3.21. The number of carbonyl (C=O) groups excluding carboxylic acids is 1. The minimum absolute atomic E-state index is 0.126. The molecule has 1 fully saturated rings. The Bertz CT molecular complexity index is 405. The van der Waals surface area contributed by atoms with Crippen LogP contribution in [0.25, 0.3) is 0 Å². The minimum Gasteiger partial charge on any atom is -0.395 e. The summed E-state index contributed by atoms with van der Waals surface area (Å²) < 4.78 is 0. The molecule has 0 aromatic carbocycles. The Kier molecular flexibility index (Phi) is 4.28. The van der Waals surface area contributed by atoms with Crippen molar-refractivity contribution in [2.24, 2.45) is 0 Å². The van der Waals surface area contributed by atoms with Gasteiger partial charge in [-0.2, -0.15) is 0 Å². The van der Waals surface area contributed by atoms with Gasteiger partial charge in [-0.25, -0.2) is 0 Å². The summed E-state index contributed by atoms with van der Waals surface area (Å²) >= 11 is 0. The number of amides is 1. The number of aryl methyl sites for hydroxylation is 1. The highest BCUT2D eigenvalue weighted by Gasteiger charge is 2.21. The van der Waals surface area contributed by atoms with Gasteiger partial charge in [0.25, 0.3) is 0 Å². The van der Waals surface area contributed by atoms with Crippen molar-refractivity contribution in [2.45, 2.75) is 13.3 Å². The van der Waals surface area contributed by atoms with Gasteiger partial charge in [0.05, 0.1) is 18.5 Å². The van der Waals surface area contributed by atoms with Crippen molar-refractivity contribution in [3.63, 3.8) is 0 Å². The molecule has 0 bridgehead atoms. The molecule has 1 amide bonds. The van der Waals surface area contributed by atoms with Crippen LogP contribution in [0.1, 0.15) is 12.1 Å². The summed E-state index contributed by atoms with van der Waals surface area (Å²) in [6, 6.07) is 3.85.